The molecule has 0 unspecified atom stereocenters. The van der Waals surface area contributed by atoms with Gasteiger partial charge >= 0.3 is 0 Å². The molecular formula is C9H6F3N. The quantitative estimate of drug-likeness (QED) is 0.696. The van der Waals surface area contributed by atoms with Crippen LogP contribution in [0, 0.1) is 29.8 Å². The number of hydrogen-bond acceptors (Lipinski definition) is 1. The van der Waals surface area contributed by atoms with Gasteiger partial charge in [0.2, 0.25) is 0 Å². The molecule has 0 amide bonds. The summed E-state index contributed by atoms with van der Waals surface area (Å²) in [6.07, 6.45) is 4.87. The minimum absolute atomic E-state index is 0.0144. The Morgan fingerprint density at radius 3 is 2.23 bits per heavy atom. The molecule has 1 aromatic rings. The Balaban J connectivity index is 3.00. The second-order valence-corrected chi connectivity index (χ2v) is 2.30. The summed E-state index contributed by atoms with van der Waals surface area (Å²) in [7, 11) is 0. The molecule has 0 bridgehead atoms. The van der Waals surface area contributed by atoms with Crippen molar-refractivity contribution in [3.63, 3.8) is 0 Å². The predicted molar refractivity (Wildman–Crippen MR) is 43.6 cm³/mol. The third-order valence-electron chi connectivity index (χ3n) is 1.37. The van der Waals surface area contributed by atoms with Crippen LogP contribution in [-0.2, 0) is 0 Å². The normalized spacial score (nSPS) is 9.38. The molecule has 1 aromatic carbocycles. The minimum Gasteiger partial charge on any atom is -0.369 e. The van der Waals surface area contributed by atoms with Crippen LogP contribution in [0.25, 0.3) is 0 Å². The van der Waals surface area contributed by atoms with Crippen LogP contribution in [0.1, 0.15) is 0 Å². The van der Waals surface area contributed by atoms with Gasteiger partial charge in [-0.2, -0.15) is 0 Å². The Hall–Kier alpha value is -1.63. The first-order valence-electron chi connectivity index (χ1n) is 3.47. The second-order valence-electron chi connectivity index (χ2n) is 2.30. The molecule has 4 heteroatoms. The molecule has 0 fully saturated rings. The van der Waals surface area contributed by atoms with E-state index in [4.69, 9.17) is 6.42 Å². The number of nitrogens with one attached hydrogen (secondary N) is 1. The molecule has 13 heavy (non-hydrogen) atoms. The lowest BCUT2D eigenvalue weighted by molar-refractivity contribution is 0.548. The van der Waals surface area contributed by atoms with Crippen LogP contribution < -0.4 is 5.32 Å². The van der Waals surface area contributed by atoms with Gasteiger partial charge in [0.15, 0.2) is 11.6 Å². The molecule has 1 nitrogen and oxygen atoms in total. The van der Waals surface area contributed by atoms with E-state index in [1.807, 2.05) is 0 Å². The summed E-state index contributed by atoms with van der Waals surface area (Å²) >= 11 is 0. The highest BCUT2D eigenvalue weighted by molar-refractivity contribution is 5.47. The van der Waals surface area contributed by atoms with Crippen molar-refractivity contribution in [1.82, 2.24) is 0 Å². The molecule has 1 rings (SSSR count). The van der Waals surface area contributed by atoms with Gasteiger partial charge in [-0.15, -0.1) is 6.42 Å². The maximum Gasteiger partial charge on any atom is 0.152 e. The SMILES string of the molecule is C#CCNc1c(F)cc(F)cc1F. The molecule has 0 aliphatic rings. The van der Waals surface area contributed by atoms with E-state index < -0.39 is 23.1 Å². The molecule has 0 radical (unpaired) electrons. The van der Waals surface area contributed by atoms with Gasteiger partial charge < -0.3 is 5.32 Å². The fourth-order valence-corrected chi connectivity index (χ4v) is 0.851. The first-order valence-corrected chi connectivity index (χ1v) is 3.47. The molecule has 68 valence electrons. The van der Waals surface area contributed by atoms with E-state index >= 15 is 0 Å². The number of anilines is 1. The average molecular weight is 185 g/mol. The van der Waals surface area contributed by atoms with Crippen LogP contribution >= 0.6 is 0 Å². The Morgan fingerprint density at radius 2 is 1.77 bits per heavy atom. The molecule has 0 saturated heterocycles. The van der Waals surface area contributed by atoms with Gasteiger partial charge in [0.25, 0.3) is 0 Å². The molecule has 0 saturated carbocycles. The Bertz CT molecular complexity index is 331. The number of halogens is 3. The number of benzene rings is 1. The maximum absolute atomic E-state index is 12.8. The molecule has 0 atom stereocenters. The zero-order valence-corrected chi connectivity index (χ0v) is 6.57. The lowest BCUT2D eigenvalue weighted by atomic mass is 10.3. The second kappa shape index (κ2) is 3.85. The third-order valence-corrected chi connectivity index (χ3v) is 1.37. The maximum atomic E-state index is 12.8. The summed E-state index contributed by atoms with van der Waals surface area (Å²) in [6, 6.07) is 1.17. The van der Waals surface area contributed by atoms with E-state index in [9.17, 15) is 13.2 Å². The summed E-state index contributed by atoms with van der Waals surface area (Å²) in [5.41, 5.74) is -0.403. The molecule has 0 aliphatic heterocycles. The van der Waals surface area contributed by atoms with Crippen molar-refractivity contribution in [2.24, 2.45) is 0 Å². The fraction of sp³-hybridized carbons (Fsp3) is 0.111. The largest absolute Gasteiger partial charge is 0.369 e. The summed E-state index contributed by atoms with van der Waals surface area (Å²) in [6.45, 7) is -0.0144. The van der Waals surface area contributed by atoms with Crippen LogP contribution in [0.5, 0.6) is 0 Å². The van der Waals surface area contributed by atoms with Gasteiger partial charge in [-0.3, -0.25) is 0 Å². The van der Waals surface area contributed by atoms with Crippen molar-refractivity contribution in [2.75, 3.05) is 11.9 Å². The van der Waals surface area contributed by atoms with Crippen molar-refractivity contribution in [3.05, 3.63) is 29.6 Å². The minimum atomic E-state index is -0.993. The third kappa shape index (κ3) is 2.15. The van der Waals surface area contributed by atoms with Crippen molar-refractivity contribution in [3.8, 4) is 12.3 Å². The van der Waals surface area contributed by atoms with Gasteiger partial charge in [0.1, 0.15) is 11.5 Å². The van der Waals surface area contributed by atoms with E-state index in [0.29, 0.717) is 12.1 Å². The number of hydrogen-bond donors (Lipinski definition) is 1. The van der Waals surface area contributed by atoms with Gasteiger partial charge in [0.05, 0.1) is 6.54 Å². The van der Waals surface area contributed by atoms with Crippen molar-refractivity contribution < 1.29 is 13.2 Å². The molecule has 1 N–H and O–H groups in total. The van der Waals surface area contributed by atoms with Crippen molar-refractivity contribution >= 4 is 5.69 Å². The Morgan fingerprint density at radius 1 is 1.23 bits per heavy atom. The van der Waals surface area contributed by atoms with Crippen molar-refractivity contribution in [2.45, 2.75) is 0 Å². The van der Waals surface area contributed by atoms with Crippen molar-refractivity contribution in [1.29, 1.82) is 0 Å². The average Bonchev–Trinajstić information content (AvgIpc) is 2.02. The smallest absolute Gasteiger partial charge is 0.152 e. The molecular weight excluding hydrogens is 179 g/mol. The predicted octanol–water partition coefficient (Wildman–Crippen LogP) is 2.15. The number of terminal acetylenes is 1. The van der Waals surface area contributed by atoms with Gasteiger partial charge in [0, 0.05) is 12.1 Å². The first-order chi connectivity index (χ1) is 6.15. The van der Waals surface area contributed by atoms with E-state index in [-0.39, 0.29) is 6.54 Å². The summed E-state index contributed by atoms with van der Waals surface area (Å²) in [5.74, 6) is -0.796. The summed E-state index contributed by atoms with van der Waals surface area (Å²) in [4.78, 5) is 0. The topological polar surface area (TPSA) is 12.0 Å². The lowest BCUT2D eigenvalue weighted by Gasteiger charge is -2.05. The van der Waals surface area contributed by atoms with E-state index in [0.717, 1.165) is 0 Å². The summed E-state index contributed by atoms with van der Waals surface area (Å²) in [5, 5.41) is 2.31. The molecule has 0 heterocycles. The van der Waals surface area contributed by atoms with Gasteiger partial charge in [-0.05, 0) is 0 Å². The van der Waals surface area contributed by atoms with E-state index in [2.05, 4.69) is 11.2 Å². The highest BCUT2D eigenvalue weighted by atomic mass is 19.1. The lowest BCUT2D eigenvalue weighted by Crippen LogP contribution is -2.04. The zero-order valence-electron chi connectivity index (χ0n) is 6.57. The first kappa shape index (κ1) is 9.46. The van der Waals surface area contributed by atoms with Crippen LogP contribution in [0.3, 0.4) is 0 Å². The molecule has 0 aromatic heterocycles. The number of rotatable bonds is 2. The zero-order chi connectivity index (χ0) is 9.84. The standard InChI is InChI=1S/C9H6F3N/c1-2-3-13-9-7(11)4-6(10)5-8(9)12/h1,4-5,13H,3H2. The molecule has 0 spiro atoms. The Kier molecular flexibility index (Phi) is 2.80. The highest BCUT2D eigenvalue weighted by Crippen LogP contribution is 2.19. The van der Waals surface area contributed by atoms with Gasteiger partial charge in [-0.1, -0.05) is 5.92 Å². The van der Waals surface area contributed by atoms with Crippen LogP contribution in [0.15, 0.2) is 12.1 Å². The fourth-order valence-electron chi connectivity index (χ4n) is 0.851. The monoisotopic (exact) mass is 185 g/mol. The van der Waals surface area contributed by atoms with Gasteiger partial charge in [-0.25, -0.2) is 13.2 Å². The summed E-state index contributed by atoms with van der Waals surface area (Å²) < 4.78 is 38.0. The Labute approximate surface area is 73.6 Å². The van der Waals surface area contributed by atoms with E-state index in [1.165, 1.54) is 0 Å². The highest BCUT2D eigenvalue weighted by Gasteiger charge is 2.09. The van der Waals surface area contributed by atoms with Crippen LogP contribution in [0.4, 0.5) is 18.9 Å². The van der Waals surface area contributed by atoms with Crippen LogP contribution in [0.2, 0.25) is 0 Å². The molecule has 0 aliphatic carbocycles. The van der Waals surface area contributed by atoms with Crippen LogP contribution in [-0.4, -0.2) is 6.54 Å². The van der Waals surface area contributed by atoms with E-state index in [1.54, 1.807) is 0 Å².